The van der Waals surface area contributed by atoms with Crippen molar-refractivity contribution < 1.29 is 4.79 Å². The molecule has 0 spiro atoms. The van der Waals surface area contributed by atoms with Crippen LogP contribution in [0.3, 0.4) is 0 Å². The molecule has 0 saturated carbocycles. The topological polar surface area (TPSA) is 42.0 Å². The maximum Gasteiger partial charge on any atom is 0.230 e. The molecule has 1 heterocycles. The minimum atomic E-state index is -0.0310. The lowest BCUT2D eigenvalue weighted by Crippen LogP contribution is -2.14. The van der Waals surface area contributed by atoms with Gasteiger partial charge < -0.3 is 5.32 Å². The molecule has 0 saturated heterocycles. The van der Waals surface area contributed by atoms with Gasteiger partial charge in [-0.1, -0.05) is 30.7 Å². The Kier molecular flexibility index (Phi) is 4.27. The lowest BCUT2D eigenvalue weighted by atomic mass is 9.93. The normalized spacial score (nSPS) is 17.3. The summed E-state index contributed by atoms with van der Waals surface area (Å²) in [5.74, 6) is 0.687. The second-order valence-electron chi connectivity index (χ2n) is 5.59. The summed E-state index contributed by atoms with van der Waals surface area (Å²) in [5.41, 5.74) is 2.12. The van der Waals surface area contributed by atoms with Crippen LogP contribution in [0.25, 0.3) is 0 Å². The Balaban J connectivity index is 1.64. The van der Waals surface area contributed by atoms with Crippen molar-refractivity contribution in [3.05, 3.63) is 45.4 Å². The number of nitrogens with zero attached hydrogens (tertiary/aromatic N) is 1. The fourth-order valence-electron chi connectivity index (χ4n) is 2.54. The monoisotopic (exact) mass is 320 g/mol. The van der Waals surface area contributed by atoms with Gasteiger partial charge in [-0.25, -0.2) is 4.98 Å². The van der Waals surface area contributed by atoms with Crippen LogP contribution >= 0.6 is 22.9 Å². The Labute approximate surface area is 133 Å². The highest BCUT2D eigenvalue weighted by Crippen LogP contribution is 2.32. The lowest BCUT2D eigenvalue weighted by Gasteiger charge is -2.15. The van der Waals surface area contributed by atoms with E-state index in [0.29, 0.717) is 11.4 Å². The summed E-state index contributed by atoms with van der Waals surface area (Å²) >= 11 is 7.46. The molecule has 3 rings (SSSR count). The summed E-state index contributed by atoms with van der Waals surface area (Å²) in [6.07, 6.45) is 3.65. The summed E-state index contributed by atoms with van der Waals surface area (Å²) in [5, 5.41) is 4.32. The number of aromatic nitrogens is 1. The van der Waals surface area contributed by atoms with Crippen molar-refractivity contribution in [1.82, 2.24) is 4.98 Å². The van der Waals surface area contributed by atoms with E-state index in [2.05, 4.69) is 17.2 Å². The van der Waals surface area contributed by atoms with Crippen LogP contribution in [-0.4, -0.2) is 10.9 Å². The van der Waals surface area contributed by atoms with Gasteiger partial charge in [0.2, 0.25) is 5.91 Å². The number of carbonyl (C=O) groups is 1. The molecule has 0 aliphatic heterocycles. The summed E-state index contributed by atoms with van der Waals surface area (Å²) in [6, 6.07) is 7.34. The smallest absolute Gasteiger partial charge is 0.230 e. The molecule has 5 heteroatoms. The van der Waals surface area contributed by atoms with Crippen LogP contribution in [0.4, 0.5) is 5.13 Å². The largest absolute Gasteiger partial charge is 0.302 e. The number of anilines is 1. The third-order valence-corrected chi connectivity index (χ3v) is 5.00. The number of aryl methyl sites for hydroxylation is 1. The van der Waals surface area contributed by atoms with Gasteiger partial charge in [-0.05, 0) is 42.9 Å². The summed E-state index contributed by atoms with van der Waals surface area (Å²) in [7, 11) is 0. The van der Waals surface area contributed by atoms with Gasteiger partial charge in [-0.3, -0.25) is 4.79 Å². The molecule has 0 bridgehead atoms. The van der Waals surface area contributed by atoms with Crippen molar-refractivity contribution in [1.29, 1.82) is 0 Å². The third-order valence-electron chi connectivity index (χ3n) is 3.71. The number of fused-ring (bicyclic) bond motifs is 1. The van der Waals surface area contributed by atoms with E-state index in [0.717, 1.165) is 29.5 Å². The van der Waals surface area contributed by atoms with Crippen LogP contribution in [0.1, 0.15) is 29.5 Å². The van der Waals surface area contributed by atoms with Gasteiger partial charge in [-0.2, -0.15) is 0 Å². The van der Waals surface area contributed by atoms with Crippen LogP contribution < -0.4 is 5.32 Å². The summed E-state index contributed by atoms with van der Waals surface area (Å²) in [4.78, 5) is 17.9. The second kappa shape index (κ2) is 6.16. The molecule has 110 valence electrons. The lowest BCUT2D eigenvalue weighted by molar-refractivity contribution is -0.115. The number of rotatable bonds is 3. The molecule has 1 aromatic heterocycles. The minimum Gasteiger partial charge on any atom is -0.302 e. The molecule has 1 N–H and O–H groups in total. The van der Waals surface area contributed by atoms with Gasteiger partial charge in [0.15, 0.2) is 5.13 Å². The van der Waals surface area contributed by atoms with Gasteiger partial charge in [-0.15, -0.1) is 11.3 Å². The number of hydrogen-bond acceptors (Lipinski definition) is 3. The molecule has 0 fully saturated rings. The SMILES string of the molecule is C[C@H]1CCc2nc(NC(=O)Cc3ccc(Cl)cc3)sc2C1. The Morgan fingerprint density at radius 1 is 1.43 bits per heavy atom. The number of carbonyl (C=O) groups excluding carboxylic acids is 1. The number of amides is 1. The first-order chi connectivity index (χ1) is 10.1. The number of benzene rings is 1. The van der Waals surface area contributed by atoms with Crippen LogP contribution in [0.5, 0.6) is 0 Å². The van der Waals surface area contributed by atoms with E-state index in [4.69, 9.17) is 11.6 Å². The van der Waals surface area contributed by atoms with Gasteiger partial charge in [0.05, 0.1) is 12.1 Å². The van der Waals surface area contributed by atoms with Crippen LogP contribution in [-0.2, 0) is 24.1 Å². The Morgan fingerprint density at radius 3 is 2.95 bits per heavy atom. The predicted octanol–water partition coefficient (Wildman–Crippen LogP) is 4.10. The molecule has 1 atom stereocenters. The van der Waals surface area contributed by atoms with Crippen molar-refractivity contribution in [3.8, 4) is 0 Å². The highest BCUT2D eigenvalue weighted by molar-refractivity contribution is 7.15. The summed E-state index contributed by atoms with van der Waals surface area (Å²) < 4.78 is 0. The Morgan fingerprint density at radius 2 is 2.19 bits per heavy atom. The second-order valence-corrected chi connectivity index (χ2v) is 7.11. The Bertz CT molecular complexity index is 651. The van der Waals surface area contributed by atoms with Crippen LogP contribution in [0.15, 0.2) is 24.3 Å². The molecule has 1 aliphatic rings. The molecule has 1 aliphatic carbocycles. The average Bonchev–Trinajstić information content (AvgIpc) is 2.82. The predicted molar refractivity (Wildman–Crippen MR) is 87.1 cm³/mol. The van der Waals surface area contributed by atoms with Crippen LogP contribution in [0.2, 0.25) is 5.02 Å². The van der Waals surface area contributed by atoms with Crippen molar-refractivity contribution in [2.45, 2.75) is 32.6 Å². The maximum atomic E-state index is 12.1. The number of thiazole rings is 1. The zero-order valence-electron chi connectivity index (χ0n) is 11.9. The summed E-state index contributed by atoms with van der Waals surface area (Å²) in [6.45, 7) is 2.27. The van der Waals surface area contributed by atoms with Gasteiger partial charge in [0.25, 0.3) is 0 Å². The third kappa shape index (κ3) is 3.63. The Hall–Kier alpha value is -1.39. The van der Waals surface area contributed by atoms with Crippen LogP contribution in [0, 0.1) is 5.92 Å². The highest BCUT2D eigenvalue weighted by Gasteiger charge is 2.20. The maximum absolute atomic E-state index is 12.1. The molecule has 2 aromatic rings. The van der Waals surface area contributed by atoms with Crippen molar-refractivity contribution in [3.63, 3.8) is 0 Å². The van der Waals surface area contributed by atoms with E-state index in [9.17, 15) is 4.79 Å². The molecule has 1 amide bonds. The molecular formula is C16H17ClN2OS. The van der Waals surface area contributed by atoms with Crippen molar-refractivity contribution in [2.24, 2.45) is 5.92 Å². The molecule has 1 aromatic carbocycles. The quantitative estimate of drug-likeness (QED) is 0.925. The first-order valence-corrected chi connectivity index (χ1v) is 8.32. The average molecular weight is 321 g/mol. The fraction of sp³-hybridized carbons (Fsp3) is 0.375. The van der Waals surface area contributed by atoms with Crippen molar-refractivity contribution >= 4 is 34.0 Å². The van der Waals surface area contributed by atoms with Gasteiger partial charge in [0, 0.05) is 9.90 Å². The number of nitrogens with one attached hydrogen (secondary N) is 1. The first-order valence-electron chi connectivity index (χ1n) is 7.13. The van der Waals surface area contributed by atoms with E-state index < -0.39 is 0 Å². The molecule has 3 nitrogen and oxygen atoms in total. The van der Waals surface area contributed by atoms with E-state index >= 15 is 0 Å². The molecular weight excluding hydrogens is 304 g/mol. The van der Waals surface area contributed by atoms with Crippen molar-refractivity contribution in [2.75, 3.05) is 5.32 Å². The molecule has 0 unspecified atom stereocenters. The first kappa shape index (κ1) is 14.5. The highest BCUT2D eigenvalue weighted by atomic mass is 35.5. The van der Waals surface area contributed by atoms with E-state index in [1.165, 1.54) is 17.0 Å². The zero-order chi connectivity index (χ0) is 14.8. The minimum absolute atomic E-state index is 0.0310. The van der Waals surface area contributed by atoms with E-state index in [1.807, 2.05) is 12.1 Å². The van der Waals surface area contributed by atoms with Gasteiger partial charge >= 0.3 is 0 Å². The van der Waals surface area contributed by atoms with E-state index in [1.54, 1.807) is 23.5 Å². The standard InChI is InChI=1S/C16H17ClN2OS/c1-10-2-7-13-14(8-10)21-16(18-13)19-15(20)9-11-3-5-12(17)6-4-11/h3-6,10H,2,7-9H2,1H3,(H,18,19,20)/t10-/m0/s1. The number of hydrogen-bond donors (Lipinski definition) is 1. The number of halogens is 1. The van der Waals surface area contributed by atoms with E-state index in [-0.39, 0.29) is 5.91 Å². The van der Waals surface area contributed by atoms with Gasteiger partial charge in [0.1, 0.15) is 0 Å². The molecule has 0 radical (unpaired) electrons. The molecule has 21 heavy (non-hydrogen) atoms. The zero-order valence-corrected chi connectivity index (χ0v) is 13.4. The fourth-order valence-corrected chi connectivity index (χ4v) is 3.86.